The fourth-order valence-corrected chi connectivity index (χ4v) is 5.80. The first-order valence-electron chi connectivity index (χ1n) is 12.9. The molecule has 0 unspecified atom stereocenters. The summed E-state index contributed by atoms with van der Waals surface area (Å²) in [5.41, 5.74) is 7.31. The first-order chi connectivity index (χ1) is 19.2. The maximum Gasteiger partial charge on any atom is 0.255 e. The van der Waals surface area contributed by atoms with E-state index in [0.29, 0.717) is 5.56 Å². The molecule has 4 aromatic carbocycles. The van der Waals surface area contributed by atoms with Crippen LogP contribution < -0.4 is 10.2 Å². The lowest BCUT2D eigenvalue weighted by molar-refractivity contribution is 0.102. The van der Waals surface area contributed by atoms with Crippen LogP contribution >= 0.6 is 11.3 Å². The lowest BCUT2D eigenvalue weighted by atomic mass is 10.1. The van der Waals surface area contributed by atoms with Gasteiger partial charge in [0.05, 0.1) is 34.5 Å². The number of ether oxygens (including phenoxy) is 1. The van der Waals surface area contributed by atoms with Crippen LogP contribution in [0.1, 0.15) is 10.4 Å². The number of nitrogens with one attached hydrogen (secondary N) is 2. The molecule has 2 aromatic heterocycles. The van der Waals surface area contributed by atoms with Gasteiger partial charge in [0.15, 0.2) is 0 Å². The average molecular weight is 532 g/mol. The molecular formula is C31H25N5O2S. The van der Waals surface area contributed by atoms with Gasteiger partial charge in [-0.3, -0.25) is 4.79 Å². The summed E-state index contributed by atoms with van der Waals surface area (Å²) in [4.78, 5) is 28.1. The third-order valence-corrected chi connectivity index (χ3v) is 8.03. The van der Waals surface area contributed by atoms with Crippen LogP contribution in [0.25, 0.3) is 43.2 Å². The van der Waals surface area contributed by atoms with Crippen molar-refractivity contribution in [3.05, 3.63) is 96.6 Å². The molecule has 0 aliphatic carbocycles. The summed E-state index contributed by atoms with van der Waals surface area (Å²) >= 11 is 1.68. The van der Waals surface area contributed by atoms with Gasteiger partial charge in [0.25, 0.3) is 5.91 Å². The molecule has 6 aromatic rings. The molecule has 192 valence electrons. The van der Waals surface area contributed by atoms with Gasteiger partial charge in [0.2, 0.25) is 0 Å². The molecule has 0 saturated carbocycles. The Morgan fingerprint density at radius 3 is 2.41 bits per heavy atom. The highest BCUT2D eigenvalue weighted by atomic mass is 32.1. The van der Waals surface area contributed by atoms with Crippen molar-refractivity contribution < 1.29 is 9.53 Å². The summed E-state index contributed by atoms with van der Waals surface area (Å²) in [5.74, 6) is 0.614. The molecule has 1 aliphatic rings. The van der Waals surface area contributed by atoms with Crippen LogP contribution in [-0.4, -0.2) is 47.2 Å². The van der Waals surface area contributed by atoms with E-state index in [4.69, 9.17) is 14.7 Å². The minimum absolute atomic E-state index is 0.147. The molecular weight excluding hydrogens is 506 g/mol. The fraction of sp³-hybridized carbons (Fsp3) is 0.129. The van der Waals surface area contributed by atoms with E-state index in [2.05, 4.69) is 33.4 Å². The third kappa shape index (κ3) is 4.76. The number of hydrogen-bond donors (Lipinski definition) is 2. The predicted octanol–water partition coefficient (Wildman–Crippen LogP) is 6.60. The van der Waals surface area contributed by atoms with E-state index in [1.165, 1.54) is 4.70 Å². The van der Waals surface area contributed by atoms with Crippen molar-refractivity contribution in [1.29, 1.82) is 0 Å². The van der Waals surface area contributed by atoms with Crippen molar-refractivity contribution in [3.8, 4) is 22.0 Å². The molecule has 2 N–H and O–H groups in total. The molecule has 3 heterocycles. The van der Waals surface area contributed by atoms with Crippen LogP contribution in [-0.2, 0) is 4.74 Å². The standard InChI is InChI=1S/C31H25N5O2S/c37-30(32-23-10-12-24(13-11-23)36-15-17-38-18-16-36)21-7-5-20(6-8-21)29-33-25-14-9-22(19-27(25)34-29)31-35-26-3-1-2-4-28(26)39-31/h1-14,19H,15-18H2,(H,32,37)(H,33,34). The number of anilines is 2. The van der Waals surface area contributed by atoms with Gasteiger partial charge in [-0.05, 0) is 66.7 Å². The highest BCUT2D eigenvalue weighted by Gasteiger charge is 2.13. The summed E-state index contributed by atoms with van der Waals surface area (Å²) in [5, 5.41) is 3.98. The molecule has 0 atom stereocenters. The second kappa shape index (κ2) is 9.98. The minimum atomic E-state index is -0.147. The number of thiazole rings is 1. The number of hydrogen-bond acceptors (Lipinski definition) is 6. The van der Waals surface area contributed by atoms with Crippen LogP contribution in [0.5, 0.6) is 0 Å². The average Bonchev–Trinajstić information content (AvgIpc) is 3.62. The number of benzene rings is 4. The highest BCUT2D eigenvalue weighted by Crippen LogP contribution is 2.32. The molecule has 7 rings (SSSR count). The van der Waals surface area contributed by atoms with E-state index >= 15 is 0 Å². The predicted molar refractivity (Wildman–Crippen MR) is 158 cm³/mol. The maximum absolute atomic E-state index is 12.9. The topological polar surface area (TPSA) is 83.1 Å². The molecule has 0 radical (unpaired) electrons. The number of aromatic amines is 1. The van der Waals surface area contributed by atoms with E-state index in [0.717, 1.165) is 76.2 Å². The van der Waals surface area contributed by atoms with Crippen molar-refractivity contribution in [2.75, 3.05) is 36.5 Å². The molecule has 8 heteroatoms. The van der Waals surface area contributed by atoms with Gasteiger partial charge in [0, 0.05) is 41.2 Å². The Hall–Kier alpha value is -4.53. The summed E-state index contributed by atoms with van der Waals surface area (Å²) < 4.78 is 6.60. The van der Waals surface area contributed by atoms with E-state index < -0.39 is 0 Å². The molecule has 0 bridgehead atoms. The van der Waals surface area contributed by atoms with Crippen molar-refractivity contribution in [2.45, 2.75) is 0 Å². The smallest absolute Gasteiger partial charge is 0.255 e. The highest BCUT2D eigenvalue weighted by molar-refractivity contribution is 7.21. The summed E-state index contributed by atoms with van der Waals surface area (Å²) in [6, 6.07) is 29.8. The normalized spacial score (nSPS) is 13.7. The van der Waals surface area contributed by atoms with Crippen LogP contribution in [0.2, 0.25) is 0 Å². The van der Waals surface area contributed by atoms with E-state index in [-0.39, 0.29) is 5.91 Å². The minimum Gasteiger partial charge on any atom is -0.378 e. The quantitative estimate of drug-likeness (QED) is 0.262. The molecule has 39 heavy (non-hydrogen) atoms. The molecule has 0 spiro atoms. The maximum atomic E-state index is 12.9. The number of imidazole rings is 1. The summed E-state index contributed by atoms with van der Waals surface area (Å²) in [6.07, 6.45) is 0. The van der Waals surface area contributed by atoms with E-state index in [9.17, 15) is 4.79 Å². The molecule has 1 aliphatic heterocycles. The summed E-state index contributed by atoms with van der Waals surface area (Å²) in [7, 11) is 0. The lowest BCUT2D eigenvalue weighted by Gasteiger charge is -2.28. The van der Waals surface area contributed by atoms with E-state index in [1.54, 1.807) is 11.3 Å². The first kappa shape index (κ1) is 23.6. The first-order valence-corrected chi connectivity index (χ1v) is 13.7. The van der Waals surface area contributed by atoms with Gasteiger partial charge in [-0.1, -0.05) is 24.3 Å². The zero-order chi connectivity index (χ0) is 26.2. The number of rotatable bonds is 5. The molecule has 1 saturated heterocycles. The number of H-pyrrole nitrogens is 1. The number of aromatic nitrogens is 3. The second-order valence-corrected chi connectivity index (χ2v) is 10.5. The Bertz CT molecular complexity index is 1750. The lowest BCUT2D eigenvalue weighted by Crippen LogP contribution is -2.36. The zero-order valence-electron chi connectivity index (χ0n) is 21.1. The van der Waals surface area contributed by atoms with Gasteiger partial charge in [-0.15, -0.1) is 11.3 Å². The Morgan fingerprint density at radius 1 is 0.846 bits per heavy atom. The number of para-hydroxylation sites is 1. The molecule has 1 fully saturated rings. The van der Waals surface area contributed by atoms with Crippen molar-refractivity contribution in [2.24, 2.45) is 0 Å². The fourth-order valence-electron chi connectivity index (χ4n) is 4.83. The largest absolute Gasteiger partial charge is 0.378 e. The SMILES string of the molecule is O=C(Nc1ccc(N2CCOCC2)cc1)c1ccc(-c2nc3ccc(-c4nc5ccccc5s4)cc3[nH]2)cc1. The van der Waals surface area contributed by atoms with Gasteiger partial charge in [-0.2, -0.15) is 0 Å². The van der Waals surface area contributed by atoms with Gasteiger partial charge in [0.1, 0.15) is 10.8 Å². The Labute approximate surface area is 229 Å². The van der Waals surface area contributed by atoms with Crippen LogP contribution in [0.15, 0.2) is 91.0 Å². The Morgan fingerprint density at radius 2 is 1.62 bits per heavy atom. The van der Waals surface area contributed by atoms with E-state index in [1.807, 2.05) is 72.8 Å². The van der Waals surface area contributed by atoms with Crippen LogP contribution in [0.3, 0.4) is 0 Å². The van der Waals surface area contributed by atoms with Gasteiger partial charge >= 0.3 is 0 Å². The van der Waals surface area contributed by atoms with Crippen LogP contribution in [0, 0.1) is 0 Å². The zero-order valence-corrected chi connectivity index (χ0v) is 21.9. The van der Waals surface area contributed by atoms with Crippen molar-refractivity contribution >= 4 is 49.9 Å². The van der Waals surface area contributed by atoms with Crippen LogP contribution in [0.4, 0.5) is 11.4 Å². The number of morpholine rings is 1. The number of nitrogens with zero attached hydrogens (tertiary/aromatic N) is 3. The van der Waals surface area contributed by atoms with Crippen molar-refractivity contribution in [1.82, 2.24) is 15.0 Å². The molecule has 1 amide bonds. The van der Waals surface area contributed by atoms with Gasteiger partial charge in [-0.25, -0.2) is 9.97 Å². The van der Waals surface area contributed by atoms with Crippen molar-refractivity contribution in [3.63, 3.8) is 0 Å². The summed E-state index contributed by atoms with van der Waals surface area (Å²) in [6.45, 7) is 3.25. The second-order valence-electron chi connectivity index (χ2n) is 9.48. The number of fused-ring (bicyclic) bond motifs is 2. The number of amides is 1. The Kier molecular flexibility index (Phi) is 6.03. The monoisotopic (exact) mass is 531 g/mol. The van der Waals surface area contributed by atoms with Gasteiger partial charge < -0.3 is 19.9 Å². The number of carbonyl (C=O) groups excluding carboxylic acids is 1. The number of carbonyl (C=O) groups is 1. The molecule has 7 nitrogen and oxygen atoms in total. The third-order valence-electron chi connectivity index (χ3n) is 6.94. The Balaban J connectivity index is 1.06.